The van der Waals surface area contributed by atoms with Crippen LogP contribution >= 0.6 is 0 Å². The highest BCUT2D eigenvalue weighted by Crippen LogP contribution is 2.22. The van der Waals surface area contributed by atoms with Gasteiger partial charge >= 0.3 is 0 Å². The van der Waals surface area contributed by atoms with E-state index >= 15 is 0 Å². The third-order valence-corrected chi connectivity index (χ3v) is 3.20. The van der Waals surface area contributed by atoms with E-state index in [9.17, 15) is 0 Å². The lowest BCUT2D eigenvalue weighted by atomic mass is 10.00. The van der Waals surface area contributed by atoms with Gasteiger partial charge in [0, 0.05) is 25.0 Å². The molecular weight excluding hydrogens is 248 g/mol. The molecule has 0 aliphatic heterocycles. The third-order valence-electron chi connectivity index (χ3n) is 3.20. The van der Waals surface area contributed by atoms with Gasteiger partial charge in [0.25, 0.3) is 0 Å². The lowest BCUT2D eigenvalue weighted by Crippen LogP contribution is -2.19. The van der Waals surface area contributed by atoms with Gasteiger partial charge in [-0.3, -0.25) is 0 Å². The van der Waals surface area contributed by atoms with Gasteiger partial charge in [-0.15, -0.1) is 0 Å². The molecule has 0 unspecified atom stereocenters. The normalized spacial score (nSPS) is 10.3. The van der Waals surface area contributed by atoms with E-state index < -0.39 is 0 Å². The Bertz CT molecular complexity index is 594. The predicted octanol–water partition coefficient (Wildman–Crippen LogP) is 3.23. The van der Waals surface area contributed by atoms with Crippen LogP contribution in [0.4, 0.5) is 5.95 Å². The first-order valence-corrected chi connectivity index (χ1v) is 6.62. The average Bonchev–Trinajstić information content (AvgIpc) is 2.48. The number of nitriles is 1. The average molecular weight is 266 g/mol. The maximum atomic E-state index is 8.65. The van der Waals surface area contributed by atoms with Crippen molar-refractivity contribution < 1.29 is 0 Å². The minimum Gasteiger partial charge on any atom is -0.331 e. The maximum Gasteiger partial charge on any atom is 0.225 e. The molecule has 0 radical (unpaired) electrons. The molecule has 4 heteroatoms. The van der Waals surface area contributed by atoms with Gasteiger partial charge in [0.1, 0.15) is 6.54 Å². The van der Waals surface area contributed by atoms with Gasteiger partial charge in [0.2, 0.25) is 5.95 Å². The Hall–Kier alpha value is -2.41. The van der Waals surface area contributed by atoms with Crippen LogP contribution in [-0.2, 0) is 0 Å². The Morgan fingerprint density at radius 1 is 1.10 bits per heavy atom. The fourth-order valence-corrected chi connectivity index (χ4v) is 1.90. The fraction of sp³-hybridized carbons (Fsp3) is 0.312. The highest BCUT2D eigenvalue weighted by Gasteiger charge is 2.05. The van der Waals surface area contributed by atoms with Crippen LogP contribution in [0.3, 0.4) is 0 Å². The van der Waals surface area contributed by atoms with Crippen LogP contribution in [0, 0.1) is 11.3 Å². The number of benzene rings is 1. The first kappa shape index (κ1) is 14.0. The van der Waals surface area contributed by atoms with Gasteiger partial charge in [-0.2, -0.15) is 5.26 Å². The molecule has 2 aromatic rings. The molecule has 0 atom stereocenters. The summed E-state index contributed by atoms with van der Waals surface area (Å²) in [4.78, 5) is 10.3. The molecule has 0 bridgehead atoms. The first-order chi connectivity index (χ1) is 9.61. The second-order valence-corrected chi connectivity index (χ2v) is 5.06. The van der Waals surface area contributed by atoms with Crippen LogP contribution < -0.4 is 4.90 Å². The van der Waals surface area contributed by atoms with Gasteiger partial charge in [-0.1, -0.05) is 38.1 Å². The Morgan fingerprint density at radius 2 is 1.70 bits per heavy atom. The van der Waals surface area contributed by atoms with Gasteiger partial charge < -0.3 is 4.90 Å². The molecule has 0 amide bonds. The summed E-state index contributed by atoms with van der Waals surface area (Å²) >= 11 is 0. The van der Waals surface area contributed by atoms with Crippen LogP contribution in [0.15, 0.2) is 36.7 Å². The van der Waals surface area contributed by atoms with E-state index in [1.165, 1.54) is 5.56 Å². The van der Waals surface area contributed by atoms with Crippen molar-refractivity contribution in [2.45, 2.75) is 19.8 Å². The number of hydrogen-bond donors (Lipinski definition) is 0. The molecule has 102 valence electrons. The van der Waals surface area contributed by atoms with E-state index in [0.29, 0.717) is 11.9 Å². The van der Waals surface area contributed by atoms with Crippen LogP contribution in [0.1, 0.15) is 25.3 Å². The van der Waals surface area contributed by atoms with Crippen molar-refractivity contribution in [3.05, 3.63) is 42.2 Å². The Kier molecular flexibility index (Phi) is 4.31. The number of nitrogens with zero attached hydrogens (tertiary/aromatic N) is 4. The van der Waals surface area contributed by atoms with E-state index in [1.54, 1.807) is 24.3 Å². The lowest BCUT2D eigenvalue weighted by molar-refractivity contribution is 0.867. The monoisotopic (exact) mass is 266 g/mol. The molecule has 0 spiro atoms. The molecule has 2 rings (SSSR count). The summed E-state index contributed by atoms with van der Waals surface area (Å²) in [5.74, 6) is 1.09. The third kappa shape index (κ3) is 3.12. The quantitative estimate of drug-likeness (QED) is 0.797. The maximum absolute atomic E-state index is 8.65. The highest BCUT2D eigenvalue weighted by atomic mass is 15.2. The molecule has 4 nitrogen and oxygen atoms in total. The summed E-state index contributed by atoms with van der Waals surface area (Å²) in [5, 5.41) is 8.65. The Morgan fingerprint density at radius 3 is 2.20 bits per heavy atom. The van der Waals surface area contributed by atoms with E-state index in [1.807, 2.05) is 0 Å². The second-order valence-electron chi connectivity index (χ2n) is 5.06. The fourth-order valence-electron chi connectivity index (χ4n) is 1.90. The molecule has 0 saturated heterocycles. The smallest absolute Gasteiger partial charge is 0.225 e. The summed E-state index contributed by atoms with van der Waals surface area (Å²) in [5.41, 5.74) is 3.40. The van der Waals surface area contributed by atoms with Crippen molar-refractivity contribution >= 4 is 5.95 Å². The van der Waals surface area contributed by atoms with Crippen molar-refractivity contribution in [3.8, 4) is 17.2 Å². The van der Waals surface area contributed by atoms with E-state index in [4.69, 9.17) is 5.26 Å². The van der Waals surface area contributed by atoms with E-state index in [0.717, 1.165) is 11.1 Å². The molecule has 1 aromatic heterocycles. The van der Waals surface area contributed by atoms with Gasteiger partial charge in [-0.05, 0) is 17.0 Å². The van der Waals surface area contributed by atoms with Gasteiger partial charge in [0.15, 0.2) is 0 Å². The first-order valence-electron chi connectivity index (χ1n) is 6.62. The van der Waals surface area contributed by atoms with Crippen molar-refractivity contribution in [2.24, 2.45) is 0 Å². The molecule has 0 aliphatic rings. The summed E-state index contributed by atoms with van der Waals surface area (Å²) in [7, 11) is 1.80. The van der Waals surface area contributed by atoms with Crippen LogP contribution in [0.5, 0.6) is 0 Å². The lowest BCUT2D eigenvalue weighted by Gasteiger charge is -2.12. The minimum atomic E-state index is 0.280. The van der Waals surface area contributed by atoms with E-state index in [-0.39, 0.29) is 6.54 Å². The van der Waals surface area contributed by atoms with Gasteiger partial charge in [0.05, 0.1) is 6.07 Å². The molecule has 1 heterocycles. The second kappa shape index (κ2) is 6.16. The summed E-state index contributed by atoms with van der Waals surface area (Å²) < 4.78 is 0. The number of anilines is 1. The summed E-state index contributed by atoms with van der Waals surface area (Å²) in [6.07, 6.45) is 3.58. The predicted molar refractivity (Wildman–Crippen MR) is 80.4 cm³/mol. The number of aromatic nitrogens is 2. The molecule has 0 N–H and O–H groups in total. The topological polar surface area (TPSA) is 52.8 Å². The van der Waals surface area contributed by atoms with Crippen LogP contribution in [0.25, 0.3) is 11.1 Å². The molecule has 0 fully saturated rings. The Balaban J connectivity index is 2.19. The number of hydrogen-bond acceptors (Lipinski definition) is 4. The van der Waals surface area contributed by atoms with Crippen LogP contribution in [-0.4, -0.2) is 23.6 Å². The minimum absolute atomic E-state index is 0.280. The summed E-state index contributed by atoms with van der Waals surface area (Å²) in [6, 6.07) is 10.5. The zero-order valence-corrected chi connectivity index (χ0v) is 12.0. The van der Waals surface area contributed by atoms with Crippen molar-refractivity contribution in [3.63, 3.8) is 0 Å². The molecule has 0 saturated carbocycles. The zero-order valence-electron chi connectivity index (χ0n) is 12.0. The summed E-state index contributed by atoms with van der Waals surface area (Å²) in [6.45, 7) is 4.64. The molecule has 0 aliphatic carbocycles. The standard InChI is InChI=1S/C16H18N4/c1-12(2)13-4-6-14(7-5-13)15-10-18-16(19-11-15)20(3)9-8-17/h4-7,10-12H,9H2,1-3H3. The van der Waals surface area contributed by atoms with Crippen molar-refractivity contribution in [1.29, 1.82) is 5.26 Å². The molecular formula is C16H18N4. The van der Waals surface area contributed by atoms with Crippen LogP contribution in [0.2, 0.25) is 0 Å². The molecule has 1 aromatic carbocycles. The number of rotatable bonds is 4. The Labute approximate surface area is 119 Å². The zero-order chi connectivity index (χ0) is 14.5. The van der Waals surface area contributed by atoms with Crippen molar-refractivity contribution in [1.82, 2.24) is 9.97 Å². The molecule has 20 heavy (non-hydrogen) atoms. The largest absolute Gasteiger partial charge is 0.331 e. The van der Waals surface area contributed by atoms with E-state index in [2.05, 4.69) is 54.2 Å². The highest BCUT2D eigenvalue weighted by molar-refractivity contribution is 5.62. The SMILES string of the molecule is CC(C)c1ccc(-c2cnc(N(C)CC#N)nc2)cc1. The van der Waals surface area contributed by atoms with Crippen molar-refractivity contribution in [2.75, 3.05) is 18.5 Å². The van der Waals surface area contributed by atoms with Gasteiger partial charge in [-0.25, -0.2) is 9.97 Å².